The van der Waals surface area contributed by atoms with E-state index in [4.69, 9.17) is 9.47 Å². The van der Waals surface area contributed by atoms with Crippen molar-refractivity contribution in [2.75, 3.05) is 39.4 Å². The van der Waals surface area contributed by atoms with Crippen molar-refractivity contribution in [2.45, 2.75) is 6.92 Å². The number of fused-ring (bicyclic) bond motifs is 1. The number of amides is 2. The Bertz CT molecular complexity index is 900. The van der Waals surface area contributed by atoms with Crippen LogP contribution in [-0.4, -0.2) is 65.8 Å². The van der Waals surface area contributed by atoms with Gasteiger partial charge in [-0.2, -0.15) is 0 Å². The Labute approximate surface area is 156 Å². The first-order chi connectivity index (χ1) is 13.0. The largest absolute Gasteiger partial charge is 0.483 e. The van der Waals surface area contributed by atoms with Gasteiger partial charge in [0, 0.05) is 44.8 Å². The minimum Gasteiger partial charge on any atom is -0.483 e. The van der Waals surface area contributed by atoms with E-state index in [1.54, 1.807) is 54.2 Å². The highest BCUT2D eigenvalue weighted by Crippen LogP contribution is 2.23. The molecule has 0 bridgehead atoms. The highest BCUT2D eigenvalue weighted by molar-refractivity contribution is 5.88. The number of rotatable bonds is 4. The summed E-state index contributed by atoms with van der Waals surface area (Å²) in [6, 6.07) is 7.02. The molecule has 1 aromatic carbocycles. The lowest BCUT2D eigenvalue weighted by Crippen LogP contribution is -2.51. The molecule has 8 nitrogen and oxygen atoms in total. The number of hydrogen-bond donors (Lipinski definition) is 0. The van der Waals surface area contributed by atoms with E-state index in [0.717, 1.165) is 0 Å². The van der Waals surface area contributed by atoms with Crippen LogP contribution in [0.1, 0.15) is 6.92 Å². The summed E-state index contributed by atoms with van der Waals surface area (Å²) < 4.78 is 12.2. The molecule has 0 N–H and O–H groups in total. The molecule has 0 aliphatic carbocycles. The minimum absolute atomic E-state index is 0.112. The SMILES string of the molecule is CCOC(=O)N1CCN(C(=O)COc2cccc3c(=O)n(C)ccc23)CC1. The number of benzene rings is 1. The first kappa shape index (κ1) is 18.8. The predicted octanol–water partition coefficient (Wildman–Crippen LogP) is 1.22. The number of piperazine rings is 1. The van der Waals surface area contributed by atoms with Gasteiger partial charge in [-0.05, 0) is 25.1 Å². The van der Waals surface area contributed by atoms with E-state index in [-0.39, 0.29) is 24.2 Å². The van der Waals surface area contributed by atoms with Crippen molar-refractivity contribution in [3.63, 3.8) is 0 Å². The minimum atomic E-state index is -0.349. The van der Waals surface area contributed by atoms with Crippen LogP contribution in [0.4, 0.5) is 4.79 Å². The first-order valence-corrected chi connectivity index (χ1v) is 8.92. The average Bonchev–Trinajstić information content (AvgIpc) is 2.69. The van der Waals surface area contributed by atoms with Crippen LogP contribution >= 0.6 is 0 Å². The number of carbonyl (C=O) groups is 2. The van der Waals surface area contributed by atoms with Crippen LogP contribution in [0.5, 0.6) is 5.75 Å². The predicted molar refractivity (Wildman–Crippen MR) is 99.9 cm³/mol. The van der Waals surface area contributed by atoms with Crippen molar-refractivity contribution in [2.24, 2.45) is 7.05 Å². The zero-order valence-corrected chi connectivity index (χ0v) is 15.5. The summed E-state index contributed by atoms with van der Waals surface area (Å²) in [5.41, 5.74) is -0.112. The Morgan fingerprint density at radius 2 is 1.74 bits per heavy atom. The van der Waals surface area contributed by atoms with Gasteiger partial charge in [0.1, 0.15) is 5.75 Å². The number of aromatic nitrogens is 1. The van der Waals surface area contributed by atoms with Gasteiger partial charge in [-0.25, -0.2) is 4.79 Å². The van der Waals surface area contributed by atoms with Crippen molar-refractivity contribution in [3.05, 3.63) is 40.8 Å². The second-order valence-electron chi connectivity index (χ2n) is 6.30. The van der Waals surface area contributed by atoms with Crippen molar-refractivity contribution < 1.29 is 19.1 Å². The van der Waals surface area contributed by atoms with Crippen molar-refractivity contribution in [3.8, 4) is 5.75 Å². The van der Waals surface area contributed by atoms with E-state index in [2.05, 4.69) is 0 Å². The van der Waals surface area contributed by atoms with Crippen LogP contribution < -0.4 is 10.3 Å². The summed E-state index contributed by atoms with van der Waals surface area (Å²) in [6.45, 7) is 3.74. The molecule has 2 amide bonds. The molecule has 1 aromatic heterocycles. The van der Waals surface area contributed by atoms with Crippen molar-refractivity contribution in [1.82, 2.24) is 14.4 Å². The fourth-order valence-corrected chi connectivity index (χ4v) is 3.06. The number of pyridine rings is 1. The zero-order valence-electron chi connectivity index (χ0n) is 15.5. The average molecular weight is 373 g/mol. The third-order valence-electron chi connectivity index (χ3n) is 4.59. The lowest BCUT2D eigenvalue weighted by molar-refractivity contribution is -0.134. The molecule has 2 aromatic rings. The van der Waals surface area contributed by atoms with E-state index in [9.17, 15) is 14.4 Å². The quantitative estimate of drug-likeness (QED) is 0.805. The molecule has 2 heterocycles. The molecule has 1 saturated heterocycles. The fraction of sp³-hybridized carbons (Fsp3) is 0.421. The van der Waals surface area contributed by atoms with Gasteiger partial charge in [-0.3, -0.25) is 9.59 Å². The number of carbonyl (C=O) groups excluding carboxylic acids is 2. The smallest absolute Gasteiger partial charge is 0.409 e. The highest BCUT2D eigenvalue weighted by atomic mass is 16.6. The van der Waals surface area contributed by atoms with Crippen LogP contribution in [0.25, 0.3) is 10.8 Å². The second kappa shape index (κ2) is 8.11. The standard InChI is InChI=1S/C19H23N3O5/c1-3-26-19(25)22-11-9-21(10-12-22)17(23)13-27-16-6-4-5-15-14(16)7-8-20(2)18(15)24/h4-8H,3,9-13H2,1-2H3. The van der Waals surface area contributed by atoms with Gasteiger partial charge < -0.3 is 23.8 Å². The Morgan fingerprint density at radius 1 is 1.04 bits per heavy atom. The van der Waals surface area contributed by atoms with Gasteiger partial charge in [0.2, 0.25) is 0 Å². The van der Waals surface area contributed by atoms with E-state index in [0.29, 0.717) is 49.3 Å². The third kappa shape index (κ3) is 4.05. The molecule has 8 heteroatoms. The summed E-state index contributed by atoms with van der Waals surface area (Å²) in [6.07, 6.45) is 1.33. The lowest BCUT2D eigenvalue weighted by atomic mass is 10.1. The van der Waals surface area contributed by atoms with E-state index in [1.165, 1.54) is 4.57 Å². The highest BCUT2D eigenvalue weighted by Gasteiger charge is 2.25. The summed E-state index contributed by atoms with van der Waals surface area (Å²) in [7, 11) is 1.69. The van der Waals surface area contributed by atoms with Crippen LogP contribution in [-0.2, 0) is 16.6 Å². The Hall–Kier alpha value is -3.03. The molecule has 0 saturated carbocycles. The molecule has 1 aliphatic heterocycles. The molecule has 144 valence electrons. The molecule has 3 rings (SSSR count). The van der Waals surface area contributed by atoms with E-state index >= 15 is 0 Å². The monoisotopic (exact) mass is 373 g/mol. The molecule has 0 unspecified atom stereocenters. The van der Waals surface area contributed by atoms with Gasteiger partial charge in [-0.1, -0.05) is 6.07 Å². The van der Waals surface area contributed by atoms with E-state index < -0.39 is 0 Å². The van der Waals surface area contributed by atoms with Crippen LogP contribution in [0.3, 0.4) is 0 Å². The van der Waals surface area contributed by atoms with Gasteiger partial charge >= 0.3 is 6.09 Å². The maximum absolute atomic E-state index is 12.4. The normalized spacial score (nSPS) is 14.3. The second-order valence-corrected chi connectivity index (χ2v) is 6.30. The lowest BCUT2D eigenvalue weighted by Gasteiger charge is -2.34. The zero-order chi connectivity index (χ0) is 19.4. The first-order valence-electron chi connectivity index (χ1n) is 8.92. The number of ether oxygens (including phenoxy) is 2. The number of aryl methyl sites for hydroxylation is 1. The molecule has 27 heavy (non-hydrogen) atoms. The van der Waals surface area contributed by atoms with Gasteiger partial charge in [-0.15, -0.1) is 0 Å². The Kier molecular flexibility index (Phi) is 5.63. The molecule has 0 atom stereocenters. The molecule has 1 fully saturated rings. The topological polar surface area (TPSA) is 81.1 Å². The fourth-order valence-electron chi connectivity index (χ4n) is 3.06. The summed E-state index contributed by atoms with van der Waals surface area (Å²) in [4.78, 5) is 39.6. The maximum atomic E-state index is 12.4. The van der Waals surface area contributed by atoms with Gasteiger partial charge in [0.25, 0.3) is 11.5 Å². The van der Waals surface area contributed by atoms with Crippen molar-refractivity contribution in [1.29, 1.82) is 0 Å². The molecule has 1 aliphatic rings. The van der Waals surface area contributed by atoms with Gasteiger partial charge in [0.05, 0.1) is 12.0 Å². The van der Waals surface area contributed by atoms with Crippen LogP contribution in [0, 0.1) is 0 Å². The van der Waals surface area contributed by atoms with Crippen LogP contribution in [0.2, 0.25) is 0 Å². The Morgan fingerprint density at radius 3 is 2.44 bits per heavy atom. The molecular formula is C19H23N3O5. The summed E-state index contributed by atoms with van der Waals surface area (Å²) in [5, 5.41) is 1.23. The Balaban J connectivity index is 1.61. The number of nitrogens with zero attached hydrogens (tertiary/aromatic N) is 3. The van der Waals surface area contributed by atoms with Crippen molar-refractivity contribution >= 4 is 22.8 Å². The summed E-state index contributed by atoms with van der Waals surface area (Å²) >= 11 is 0. The third-order valence-corrected chi connectivity index (χ3v) is 4.59. The maximum Gasteiger partial charge on any atom is 0.409 e. The van der Waals surface area contributed by atoms with Gasteiger partial charge in [0.15, 0.2) is 6.61 Å². The molecule has 0 spiro atoms. The number of hydrogen-bond acceptors (Lipinski definition) is 5. The van der Waals surface area contributed by atoms with E-state index in [1.807, 2.05) is 0 Å². The van der Waals surface area contributed by atoms with Crippen LogP contribution in [0.15, 0.2) is 35.3 Å². The summed E-state index contributed by atoms with van der Waals surface area (Å²) in [5.74, 6) is 0.350. The molecule has 0 radical (unpaired) electrons. The molecular weight excluding hydrogens is 350 g/mol.